The molecule has 0 bridgehead atoms. The van der Waals surface area contributed by atoms with Crippen LogP contribution < -0.4 is 16.4 Å². The van der Waals surface area contributed by atoms with Crippen molar-refractivity contribution in [3.8, 4) is 0 Å². The van der Waals surface area contributed by atoms with Crippen molar-refractivity contribution in [3.05, 3.63) is 82.2 Å². The highest BCUT2D eigenvalue weighted by Crippen LogP contribution is 2.29. The smallest absolute Gasteiger partial charge is 0.255 e. The lowest BCUT2D eigenvalue weighted by Gasteiger charge is -2.18. The fourth-order valence-electron chi connectivity index (χ4n) is 3.03. The van der Waals surface area contributed by atoms with Gasteiger partial charge in [0, 0.05) is 30.3 Å². The minimum absolute atomic E-state index is 0.0478. The van der Waals surface area contributed by atoms with Gasteiger partial charge in [-0.2, -0.15) is 0 Å². The summed E-state index contributed by atoms with van der Waals surface area (Å²) in [6.45, 7) is 9.40. The quantitative estimate of drug-likeness (QED) is 0.273. The molecule has 2 amide bonds. The van der Waals surface area contributed by atoms with Crippen molar-refractivity contribution in [3.63, 3.8) is 0 Å². The van der Waals surface area contributed by atoms with Gasteiger partial charge in [0.25, 0.3) is 5.91 Å². The van der Waals surface area contributed by atoms with Crippen molar-refractivity contribution >= 4 is 17.5 Å². The summed E-state index contributed by atoms with van der Waals surface area (Å²) in [4.78, 5) is 25.2. The highest BCUT2D eigenvalue weighted by molar-refractivity contribution is 6.06. The molecule has 0 aliphatic rings. The lowest BCUT2D eigenvalue weighted by atomic mass is 9.87. The third-order valence-electron chi connectivity index (χ3n) is 5.14. The monoisotopic (exact) mass is 422 g/mol. The Morgan fingerprint density at radius 3 is 2.19 bits per heavy atom. The van der Waals surface area contributed by atoms with Crippen LogP contribution in [0.1, 0.15) is 52.5 Å². The topological polar surface area (TPSA) is 108 Å². The first-order chi connectivity index (χ1) is 14.7. The van der Waals surface area contributed by atoms with E-state index in [2.05, 4.69) is 36.6 Å². The molecule has 1 unspecified atom stereocenters. The van der Waals surface area contributed by atoms with Crippen molar-refractivity contribution < 1.29 is 9.59 Å². The summed E-state index contributed by atoms with van der Waals surface area (Å²) in [5.41, 5.74) is 9.91. The van der Waals surface area contributed by atoms with Crippen LogP contribution in [0.15, 0.2) is 76.7 Å². The first-order valence-electron chi connectivity index (χ1n) is 10.3. The number of nitrogens with one attached hydrogen (secondary N) is 3. The second-order valence-corrected chi connectivity index (χ2v) is 7.39. The molecule has 1 aromatic rings. The van der Waals surface area contributed by atoms with Crippen LogP contribution in [0.5, 0.6) is 0 Å². The Morgan fingerprint density at radius 2 is 1.71 bits per heavy atom. The van der Waals surface area contributed by atoms with Gasteiger partial charge < -0.3 is 21.8 Å². The van der Waals surface area contributed by atoms with Gasteiger partial charge in [-0.3, -0.25) is 9.59 Å². The molecule has 0 spiro atoms. The van der Waals surface area contributed by atoms with Crippen molar-refractivity contribution in [2.45, 2.75) is 47.0 Å². The van der Waals surface area contributed by atoms with Gasteiger partial charge >= 0.3 is 0 Å². The van der Waals surface area contributed by atoms with Gasteiger partial charge in [0.05, 0.1) is 11.4 Å². The number of carbonyl (C=O) groups is 2. The standard InChI is InChI=1S/C25H34N4O2/c1-7-16(2)22(18(4)20-11-9-8-10-12-20)14-21(13-17(3)24(30)28-6)25(31)29-23(15-26)19(5)27/h8-15,18,27H,7,26H2,1-6H3,(H,28,30)(H,29,31)/b17-13+,21-14+,22-16-,23-15+,27-19?. The molecule has 1 rings (SSSR count). The summed E-state index contributed by atoms with van der Waals surface area (Å²) in [5, 5.41) is 13.0. The Morgan fingerprint density at radius 1 is 1.10 bits per heavy atom. The normalized spacial score (nSPS) is 14.5. The molecule has 166 valence electrons. The van der Waals surface area contributed by atoms with Gasteiger partial charge in [-0.15, -0.1) is 0 Å². The number of allylic oxidation sites excluding steroid dienone is 4. The molecule has 0 saturated carbocycles. The van der Waals surface area contributed by atoms with E-state index in [1.807, 2.05) is 31.2 Å². The van der Waals surface area contributed by atoms with Gasteiger partial charge in [0.2, 0.25) is 5.91 Å². The molecule has 0 saturated heterocycles. The average Bonchev–Trinajstić information content (AvgIpc) is 2.78. The van der Waals surface area contributed by atoms with Crippen LogP contribution in [-0.4, -0.2) is 24.6 Å². The van der Waals surface area contributed by atoms with Crippen LogP contribution in [0.4, 0.5) is 0 Å². The number of amides is 2. The van der Waals surface area contributed by atoms with Crippen LogP contribution in [0.25, 0.3) is 0 Å². The van der Waals surface area contributed by atoms with E-state index >= 15 is 0 Å². The van der Waals surface area contributed by atoms with Gasteiger partial charge in [-0.25, -0.2) is 0 Å². The molecule has 0 radical (unpaired) electrons. The Kier molecular flexibility index (Phi) is 10.2. The van der Waals surface area contributed by atoms with Crippen molar-refractivity contribution in [2.75, 3.05) is 7.05 Å². The van der Waals surface area contributed by atoms with E-state index < -0.39 is 5.91 Å². The maximum Gasteiger partial charge on any atom is 0.255 e. The number of benzene rings is 1. The molecule has 0 aliphatic heterocycles. The van der Waals surface area contributed by atoms with Crippen molar-refractivity contribution in [1.82, 2.24) is 10.6 Å². The molecular formula is C25H34N4O2. The van der Waals surface area contributed by atoms with E-state index in [1.165, 1.54) is 13.1 Å². The molecule has 1 aromatic carbocycles. The van der Waals surface area contributed by atoms with Gasteiger partial charge in [0.1, 0.15) is 0 Å². The zero-order valence-electron chi connectivity index (χ0n) is 19.3. The average molecular weight is 423 g/mol. The molecular weight excluding hydrogens is 388 g/mol. The summed E-state index contributed by atoms with van der Waals surface area (Å²) in [7, 11) is 1.54. The first kappa shape index (κ1) is 25.6. The number of hydrogen-bond donors (Lipinski definition) is 4. The Balaban J connectivity index is 3.59. The molecule has 0 fully saturated rings. The summed E-state index contributed by atoms with van der Waals surface area (Å²) in [6.07, 6.45) is 5.39. The van der Waals surface area contributed by atoms with Crippen molar-refractivity contribution in [1.29, 1.82) is 5.41 Å². The van der Waals surface area contributed by atoms with Crippen LogP contribution in [0.2, 0.25) is 0 Å². The highest BCUT2D eigenvalue weighted by Gasteiger charge is 2.17. The fourth-order valence-corrected chi connectivity index (χ4v) is 3.03. The molecule has 6 heteroatoms. The fraction of sp³-hybridized carbons (Fsp3) is 0.320. The Bertz CT molecular complexity index is 938. The molecule has 0 aromatic heterocycles. The third kappa shape index (κ3) is 7.41. The minimum atomic E-state index is -0.437. The number of rotatable bonds is 9. The van der Waals surface area contributed by atoms with Gasteiger partial charge in [-0.05, 0) is 50.5 Å². The molecule has 6 nitrogen and oxygen atoms in total. The highest BCUT2D eigenvalue weighted by atomic mass is 16.2. The summed E-state index contributed by atoms with van der Waals surface area (Å²) < 4.78 is 0. The van der Waals surface area contributed by atoms with Crippen LogP contribution in [0, 0.1) is 5.41 Å². The molecule has 31 heavy (non-hydrogen) atoms. The summed E-state index contributed by atoms with van der Waals surface area (Å²) in [6, 6.07) is 10.1. The van der Waals surface area contributed by atoms with Gasteiger partial charge in [0.15, 0.2) is 0 Å². The maximum absolute atomic E-state index is 13.1. The molecule has 0 heterocycles. The Labute approximate surface area is 185 Å². The summed E-state index contributed by atoms with van der Waals surface area (Å²) >= 11 is 0. The number of carbonyl (C=O) groups excluding carboxylic acids is 2. The number of hydrogen-bond acceptors (Lipinski definition) is 4. The predicted molar refractivity (Wildman–Crippen MR) is 128 cm³/mol. The van der Waals surface area contributed by atoms with E-state index in [0.717, 1.165) is 23.1 Å². The zero-order chi connectivity index (χ0) is 23.6. The molecule has 1 atom stereocenters. The first-order valence-corrected chi connectivity index (χ1v) is 10.3. The third-order valence-corrected chi connectivity index (χ3v) is 5.14. The van der Waals surface area contributed by atoms with E-state index in [9.17, 15) is 9.59 Å². The van der Waals surface area contributed by atoms with Crippen LogP contribution in [0.3, 0.4) is 0 Å². The lowest BCUT2D eigenvalue weighted by Crippen LogP contribution is -2.28. The number of likely N-dealkylation sites (N-methyl/N-ethyl adjacent to an activating group) is 1. The van der Waals surface area contributed by atoms with Gasteiger partial charge in [-0.1, -0.05) is 49.8 Å². The minimum Gasteiger partial charge on any atom is -0.403 e. The predicted octanol–water partition coefficient (Wildman–Crippen LogP) is 4.09. The second kappa shape index (κ2) is 12.3. The van der Waals surface area contributed by atoms with Crippen molar-refractivity contribution in [2.24, 2.45) is 5.73 Å². The zero-order valence-corrected chi connectivity index (χ0v) is 19.3. The van der Waals surface area contributed by atoms with E-state index in [1.54, 1.807) is 20.0 Å². The number of nitrogens with two attached hydrogens (primary N) is 1. The maximum atomic E-state index is 13.1. The van der Waals surface area contributed by atoms with E-state index in [-0.39, 0.29) is 23.2 Å². The van der Waals surface area contributed by atoms with E-state index in [0.29, 0.717) is 11.1 Å². The van der Waals surface area contributed by atoms with Crippen LogP contribution >= 0.6 is 0 Å². The largest absolute Gasteiger partial charge is 0.403 e. The molecule has 0 aliphatic carbocycles. The lowest BCUT2D eigenvalue weighted by molar-refractivity contribution is -0.117. The molecule has 5 N–H and O–H groups in total. The summed E-state index contributed by atoms with van der Waals surface area (Å²) in [5.74, 6) is -0.662. The van der Waals surface area contributed by atoms with E-state index in [4.69, 9.17) is 11.1 Å². The Hall–Kier alpha value is -3.41. The SMILES string of the molecule is CC/C(C)=C(/C=C(\C=C(/C)C(=O)NC)C(=O)N/C(=C/N)C(C)=N)C(C)c1ccccc1. The second-order valence-electron chi connectivity index (χ2n) is 7.39. The van der Waals surface area contributed by atoms with Crippen LogP contribution in [-0.2, 0) is 9.59 Å².